The van der Waals surface area contributed by atoms with Crippen molar-refractivity contribution in [1.29, 1.82) is 0 Å². The molecule has 1 aromatic carbocycles. The maximum Gasteiger partial charge on any atom is 0.147 e. The molecule has 1 aromatic heterocycles. The summed E-state index contributed by atoms with van der Waals surface area (Å²) >= 11 is 5.73. The van der Waals surface area contributed by atoms with Crippen molar-refractivity contribution in [2.75, 3.05) is 11.1 Å². The van der Waals surface area contributed by atoms with E-state index < -0.39 is 5.82 Å². The number of nitrogen functional groups attached to an aromatic ring is 1. The molecule has 2 rings (SSSR count). The Morgan fingerprint density at radius 2 is 2.12 bits per heavy atom. The lowest BCUT2D eigenvalue weighted by molar-refractivity contribution is 0.628. The molecule has 2 aromatic rings. The van der Waals surface area contributed by atoms with Crippen LogP contribution in [0.25, 0.3) is 0 Å². The summed E-state index contributed by atoms with van der Waals surface area (Å²) in [6, 6.07) is 7.66. The van der Waals surface area contributed by atoms with E-state index in [1.165, 1.54) is 12.1 Å². The zero-order valence-corrected chi connectivity index (χ0v) is 9.00. The van der Waals surface area contributed by atoms with Gasteiger partial charge in [-0.1, -0.05) is 11.6 Å². The molecule has 0 aliphatic carbocycles. The molecule has 0 aliphatic heterocycles. The Kier molecular flexibility index (Phi) is 2.92. The van der Waals surface area contributed by atoms with Gasteiger partial charge in [0.25, 0.3) is 0 Å². The number of nitrogens with two attached hydrogens (primary N) is 1. The van der Waals surface area contributed by atoms with Gasteiger partial charge >= 0.3 is 0 Å². The lowest BCUT2D eigenvalue weighted by Crippen LogP contribution is -1.98. The van der Waals surface area contributed by atoms with Gasteiger partial charge < -0.3 is 11.1 Å². The normalized spacial score (nSPS) is 10.1. The minimum Gasteiger partial charge on any atom is -0.382 e. The van der Waals surface area contributed by atoms with Crippen LogP contribution < -0.4 is 11.1 Å². The van der Waals surface area contributed by atoms with Crippen molar-refractivity contribution >= 4 is 28.8 Å². The number of hydrogen-bond acceptors (Lipinski definition) is 3. The van der Waals surface area contributed by atoms with E-state index in [-0.39, 0.29) is 0 Å². The predicted molar refractivity (Wildman–Crippen MR) is 63.3 cm³/mol. The summed E-state index contributed by atoms with van der Waals surface area (Å²) in [6.45, 7) is 0. The molecule has 0 aliphatic rings. The number of nitrogens with zero attached hydrogens (tertiary/aromatic N) is 1. The highest BCUT2D eigenvalue weighted by Gasteiger charge is 2.02. The number of nitrogens with one attached hydrogen (secondary N) is 1. The zero-order valence-electron chi connectivity index (χ0n) is 8.24. The SMILES string of the molecule is Nc1ncccc1Nc1cc(F)cc(Cl)c1. The number of hydrogen-bond donors (Lipinski definition) is 2. The third-order valence-electron chi connectivity index (χ3n) is 1.98. The van der Waals surface area contributed by atoms with E-state index in [1.54, 1.807) is 24.4 Å². The van der Waals surface area contributed by atoms with Gasteiger partial charge in [-0.25, -0.2) is 9.37 Å². The van der Waals surface area contributed by atoms with Gasteiger partial charge in [0.1, 0.15) is 11.6 Å². The highest BCUT2D eigenvalue weighted by molar-refractivity contribution is 6.30. The average molecular weight is 238 g/mol. The number of aromatic nitrogens is 1. The van der Waals surface area contributed by atoms with Crippen LogP contribution in [0.3, 0.4) is 0 Å². The Labute approximate surface area is 97.1 Å². The lowest BCUT2D eigenvalue weighted by Gasteiger charge is -2.08. The van der Waals surface area contributed by atoms with Gasteiger partial charge in [-0.3, -0.25) is 0 Å². The molecule has 3 nitrogen and oxygen atoms in total. The van der Waals surface area contributed by atoms with Crippen LogP contribution in [-0.2, 0) is 0 Å². The molecule has 0 atom stereocenters. The molecule has 3 N–H and O–H groups in total. The Hall–Kier alpha value is -1.81. The Morgan fingerprint density at radius 3 is 2.81 bits per heavy atom. The lowest BCUT2D eigenvalue weighted by atomic mass is 10.3. The number of rotatable bonds is 2. The fourth-order valence-electron chi connectivity index (χ4n) is 1.30. The topological polar surface area (TPSA) is 50.9 Å². The van der Waals surface area contributed by atoms with Crippen LogP contribution >= 0.6 is 11.6 Å². The van der Waals surface area contributed by atoms with Gasteiger partial charge in [-0.15, -0.1) is 0 Å². The average Bonchev–Trinajstić information content (AvgIpc) is 2.20. The molecule has 0 fully saturated rings. The first-order valence-electron chi connectivity index (χ1n) is 4.59. The van der Waals surface area contributed by atoms with Crippen LogP contribution in [0.4, 0.5) is 21.6 Å². The van der Waals surface area contributed by atoms with E-state index in [2.05, 4.69) is 10.3 Å². The van der Waals surface area contributed by atoms with Gasteiger partial charge in [0.15, 0.2) is 0 Å². The molecule has 0 radical (unpaired) electrons. The van der Waals surface area contributed by atoms with Crippen LogP contribution in [-0.4, -0.2) is 4.98 Å². The van der Waals surface area contributed by atoms with Crippen molar-refractivity contribution in [1.82, 2.24) is 4.98 Å². The Balaban J connectivity index is 2.30. The Bertz CT molecular complexity index is 496. The summed E-state index contributed by atoms with van der Waals surface area (Å²) in [7, 11) is 0. The van der Waals surface area contributed by atoms with Crippen molar-refractivity contribution in [3.63, 3.8) is 0 Å². The van der Waals surface area contributed by atoms with Crippen LogP contribution in [0.2, 0.25) is 5.02 Å². The van der Waals surface area contributed by atoms with Gasteiger partial charge in [0.2, 0.25) is 0 Å². The van der Waals surface area contributed by atoms with Crippen LogP contribution in [0.15, 0.2) is 36.5 Å². The van der Waals surface area contributed by atoms with Gasteiger partial charge in [-0.2, -0.15) is 0 Å². The van der Waals surface area contributed by atoms with Gasteiger partial charge in [-0.05, 0) is 30.3 Å². The molecule has 5 heteroatoms. The first-order valence-corrected chi connectivity index (χ1v) is 4.96. The van der Waals surface area contributed by atoms with Crippen molar-refractivity contribution < 1.29 is 4.39 Å². The minimum absolute atomic E-state index is 0.324. The number of pyridine rings is 1. The fourth-order valence-corrected chi connectivity index (χ4v) is 1.53. The van der Waals surface area contributed by atoms with Crippen LogP contribution in [0.5, 0.6) is 0 Å². The van der Waals surface area contributed by atoms with Crippen molar-refractivity contribution in [3.05, 3.63) is 47.4 Å². The highest BCUT2D eigenvalue weighted by atomic mass is 35.5. The van der Waals surface area contributed by atoms with Crippen LogP contribution in [0, 0.1) is 5.82 Å². The molecular weight excluding hydrogens is 229 g/mol. The van der Waals surface area contributed by atoms with Crippen molar-refractivity contribution in [2.45, 2.75) is 0 Å². The minimum atomic E-state index is -0.405. The van der Waals surface area contributed by atoms with E-state index in [4.69, 9.17) is 17.3 Å². The molecule has 0 saturated heterocycles. The molecule has 0 saturated carbocycles. The third kappa shape index (κ3) is 2.41. The molecule has 82 valence electrons. The van der Waals surface area contributed by atoms with Gasteiger partial charge in [0, 0.05) is 16.9 Å². The second-order valence-corrected chi connectivity index (χ2v) is 3.66. The van der Waals surface area contributed by atoms with E-state index in [0.717, 1.165) is 0 Å². The maximum atomic E-state index is 13.1. The van der Waals surface area contributed by atoms with Crippen LogP contribution in [0.1, 0.15) is 0 Å². The third-order valence-corrected chi connectivity index (χ3v) is 2.20. The fraction of sp³-hybridized carbons (Fsp3) is 0. The molecule has 0 unspecified atom stereocenters. The molecule has 16 heavy (non-hydrogen) atoms. The first kappa shape index (κ1) is 10.7. The van der Waals surface area contributed by atoms with E-state index in [0.29, 0.717) is 22.2 Å². The summed E-state index contributed by atoms with van der Waals surface area (Å²) in [5, 5.41) is 3.27. The highest BCUT2D eigenvalue weighted by Crippen LogP contribution is 2.24. The van der Waals surface area contributed by atoms with Gasteiger partial charge in [0.05, 0.1) is 5.69 Å². The predicted octanol–water partition coefficient (Wildman–Crippen LogP) is 3.20. The maximum absolute atomic E-state index is 13.1. The zero-order chi connectivity index (χ0) is 11.5. The van der Waals surface area contributed by atoms with E-state index in [1.807, 2.05) is 0 Å². The van der Waals surface area contributed by atoms with Crippen molar-refractivity contribution in [2.24, 2.45) is 0 Å². The molecule has 0 amide bonds. The first-order chi connectivity index (χ1) is 7.65. The standard InChI is InChI=1S/C11H9ClFN3/c12-7-4-8(13)6-9(5-7)16-10-2-1-3-15-11(10)14/h1-6,16H,(H2,14,15). The second-order valence-electron chi connectivity index (χ2n) is 3.22. The molecule has 1 heterocycles. The molecule has 0 bridgehead atoms. The quantitative estimate of drug-likeness (QED) is 0.843. The van der Waals surface area contributed by atoms with E-state index >= 15 is 0 Å². The smallest absolute Gasteiger partial charge is 0.147 e. The van der Waals surface area contributed by atoms with E-state index in [9.17, 15) is 4.39 Å². The summed E-state index contributed by atoms with van der Waals surface area (Å²) in [4.78, 5) is 3.91. The summed E-state index contributed by atoms with van der Waals surface area (Å²) < 4.78 is 13.1. The largest absolute Gasteiger partial charge is 0.382 e. The summed E-state index contributed by atoms with van der Waals surface area (Å²) in [5.41, 5.74) is 6.79. The monoisotopic (exact) mass is 237 g/mol. The van der Waals surface area contributed by atoms with Crippen molar-refractivity contribution in [3.8, 4) is 0 Å². The number of anilines is 3. The summed E-state index contributed by atoms with van der Waals surface area (Å²) in [5.74, 6) is -0.0552. The number of benzene rings is 1. The number of halogens is 2. The molecular formula is C11H9ClFN3. The summed E-state index contributed by atoms with van der Waals surface area (Å²) in [6.07, 6.45) is 1.58. The Morgan fingerprint density at radius 1 is 1.31 bits per heavy atom. The second kappa shape index (κ2) is 4.37. The molecule has 0 spiro atoms.